The fourth-order valence-corrected chi connectivity index (χ4v) is 1.82. The molecule has 21 heavy (non-hydrogen) atoms. The van der Waals surface area contributed by atoms with Crippen LogP contribution in [0.4, 0.5) is 10.1 Å². The van der Waals surface area contributed by atoms with Crippen molar-refractivity contribution < 1.29 is 14.1 Å². The van der Waals surface area contributed by atoms with Gasteiger partial charge in [0.1, 0.15) is 5.82 Å². The van der Waals surface area contributed by atoms with E-state index in [-0.39, 0.29) is 17.8 Å². The summed E-state index contributed by atoms with van der Waals surface area (Å²) in [5.74, 6) is -1.47. The predicted octanol–water partition coefficient (Wildman–Crippen LogP) is 1.44. The highest BCUT2D eigenvalue weighted by Gasteiger charge is 2.16. The van der Waals surface area contributed by atoms with Crippen molar-refractivity contribution in [2.24, 2.45) is 7.05 Å². The lowest BCUT2D eigenvalue weighted by Gasteiger charge is -2.05. The van der Waals surface area contributed by atoms with Gasteiger partial charge in [0.05, 0.1) is 16.7 Å². The van der Waals surface area contributed by atoms with Gasteiger partial charge < -0.3 is 5.32 Å². The van der Waals surface area contributed by atoms with Crippen LogP contribution in [-0.4, -0.2) is 27.2 Å². The molecule has 0 fully saturated rings. The number of benzene rings is 1. The zero-order valence-electron chi connectivity index (χ0n) is 11.2. The highest BCUT2D eigenvalue weighted by Crippen LogP contribution is 2.16. The van der Waals surface area contributed by atoms with E-state index in [4.69, 9.17) is 0 Å². The topological polar surface area (TPSA) is 90.1 Å². The molecule has 1 aromatic heterocycles. The van der Waals surface area contributed by atoms with Crippen molar-refractivity contribution >= 4 is 11.6 Å². The molecule has 7 nitrogen and oxygen atoms in total. The van der Waals surface area contributed by atoms with Crippen LogP contribution in [0.2, 0.25) is 0 Å². The number of hydrogen-bond donors (Lipinski definition) is 1. The molecule has 110 valence electrons. The third kappa shape index (κ3) is 3.62. The van der Waals surface area contributed by atoms with E-state index in [1.165, 1.54) is 0 Å². The van der Waals surface area contributed by atoms with Crippen molar-refractivity contribution in [2.75, 3.05) is 6.54 Å². The first-order valence-electron chi connectivity index (χ1n) is 6.17. The molecule has 1 aromatic carbocycles. The van der Waals surface area contributed by atoms with Crippen LogP contribution in [0.1, 0.15) is 15.9 Å². The number of hydrogen-bond acceptors (Lipinski definition) is 4. The predicted molar refractivity (Wildman–Crippen MR) is 72.3 cm³/mol. The first kappa shape index (κ1) is 14.6. The second-order valence-corrected chi connectivity index (χ2v) is 4.45. The smallest absolute Gasteiger partial charge is 0.270 e. The van der Waals surface area contributed by atoms with E-state index in [0.29, 0.717) is 6.42 Å². The molecule has 0 saturated carbocycles. The van der Waals surface area contributed by atoms with Gasteiger partial charge in [-0.2, -0.15) is 5.10 Å². The Morgan fingerprint density at radius 2 is 2.29 bits per heavy atom. The molecular formula is C13H13FN4O3. The van der Waals surface area contributed by atoms with Crippen molar-refractivity contribution in [3.05, 3.63) is 57.7 Å². The Hall–Kier alpha value is -2.77. The standard InChI is InChI=1S/C13H13FN4O3/c1-17-8-9(7-16-17)4-5-15-13(19)11-6-10(18(20)21)2-3-12(11)14/h2-3,6-8H,4-5H2,1H3,(H,15,19). The maximum absolute atomic E-state index is 13.5. The highest BCUT2D eigenvalue weighted by atomic mass is 19.1. The van der Waals surface area contributed by atoms with Crippen LogP contribution in [0.15, 0.2) is 30.6 Å². The van der Waals surface area contributed by atoms with Gasteiger partial charge in [-0.3, -0.25) is 19.6 Å². The first-order valence-corrected chi connectivity index (χ1v) is 6.17. The van der Waals surface area contributed by atoms with Crippen molar-refractivity contribution in [3.63, 3.8) is 0 Å². The molecule has 0 spiro atoms. The minimum atomic E-state index is -0.792. The number of halogens is 1. The number of aryl methyl sites for hydroxylation is 1. The lowest BCUT2D eigenvalue weighted by molar-refractivity contribution is -0.384. The van der Waals surface area contributed by atoms with E-state index in [2.05, 4.69) is 10.4 Å². The summed E-state index contributed by atoms with van der Waals surface area (Å²) in [5, 5.41) is 17.1. The molecule has 0 aliphatic rings. The summed E-state index contributed by atoms with van der Waals surface area (Å²) in [4.78, 5) is 21.8. The van der Waals surface area contributed by atoms with E-state index < -0.39 is 16.6 Å². The summed E-state index contributed by atoms with van der Waals surface area (Å²) >= 11 is 0. The normalized spacial score (nSPS) is 10.4. The Morgan fingerprint density at radius 3 is 2.90 bits per heavy atom. The average molecular weight is 292 g/mol. The third-order valence-electron chi connectivity index (χ3n) is 2.86. The summed E-state index contributed by atoms with van der Waals surface area (Å²) in [5.41, 5.74) is 0.265. The molecular weight excluding hydrogens is 279 g/mol. The van der Waals surface area contributed by atoms with E-state index in [1.54, 1.807) is 24.1 Å². The lowest BCUT2D eigenvalue weighted by atomic mass is 10.1. The molecule has 2 rings (SSSR count). The number of nitro benzene ring substituents is 1. The first-order chi connectivity index (χ1) is 9.97. The molecule has 0 atom stereocenters. The van der Waals surface area contributed by atoms with Gasteiger partial charge in [0, 0.05) is 31.9 Å². The van der Waals surface area contributed by atoms with E-state index in [9.17, 15) is 19.3 Å². The minimum Gasteiger partial charge on any atom is -0.352 e. The Bertz CT molecular complexity index is 684. The molecule has 0 radical (unpaired) electrons. The van der Waals surface area contributed by atoms with Crippen LogP contribution in [0.5, 0.6) is 0 Å². The summed E-state index contributed by atoms with van der Waals surface area (Å²) in [6, 6.07) is 2.85. The van der Waals surface area contributed by atoms with Crippen LogP contribution in [0.25, 0.3) is 0 Å². The van der Waals surface area contributed by atoms with Crippen molar-refractivity contribution in [1.29, 1.82) is 0 Å². The number of carbonyl (C=O) groups is 1. The van der Waals surface area contributed by atoms with E-state index in [1.807, 2.05) is 0 Å². The molecule has 0 aliphatic heterocycles. The number of nitrogens with zero attached hydrogens (tertiary/aromatic N) is 3. The molecule has 1 amide bonds. The zero-order valence-corrected chi connectivity index (χ0v) is 11.2. The van der Waals surface area contributed by atoms with E-state index >= 15 is 0 Å². The average Bonchev–Trinajstić information content (AvgIpc) is 2.84. The number of carbonyl (C=O) groups excluding carboxylic acids is 1. The minimum absolute atomic E-state index is 0.284. The number of aromatic nitrogens is 2. The van der Waals surface area contributed by atoms with Crippen LogP contribution in [0, 0.1) is 15.9 Å². The van der Waals surface area contributed by atoms with Gasteiger partial charge in [0.2, 0.25) is 0 Å². The summed E-state index contributed by atoms with van der Waals surface area (Å²) in [6.45, 7) is 0.284. The van der Waals surface area contributed by atoms with Crippen molar-refractivity contribution in [2.45, 2.75) is 6.42 Å². The van der Waals surface area contributed by atoms with Crippen molar-refractivity contribution in [3.8, 4) is 0 Å². The van der Waals surface area contributed by atoms with Gasteiger partial charge in [0.25, 0.3) is 11.6 Å². The van der Waals surface area contributed by atoms with Crippen LogP contribution in [0.3, 0.4) is 0 Å². The number of nitro groups is 1. The van der Waals surface area contributed by atoms with Gasteiger partial charge >= 0.3 is 0 Å². The SMILES string of the molecule is Cn1cc(CCNC(=O)c2cc([N+](=O)[O-])ccc2F)cn1. The Kier molecular flexibility index (Phi) is 4.27. The molecule has 0 saturated heterocycles. The number of rotatable bonds is 5. The van der Waals surface area contributed by atoms with Gasteiger partial charge in [-0.25, -0.2) is 4.39 Å². The summed E-state index contributed by atoms with van der Waals surface area (Å²) in [6.07, 6.45) is 4.01. The Labute approximate surface area is 119 Å². The monoisotopic (exact) mass is 292 g/mol. The fraction of sp³-hybridized carbons (Fsp3) is 0.231. The lowest BCUT2D eigenvalue weighted by Crippen LogP contribution is -2.26. The second kappa shape index (κ2) is 6.12. The number of amides is 1. The molecule has 1 N–H and O–H groups in total. The molecule has 0 unspecified atom stereocenters. The summed E-state index contributed by atoms with van der Waals surface area (Å²) < 4.78 is 15.2. The van der Waals surface area contributed by atoms with Gasteiger partial charge in [-0.1, -0.05) is 0 Å². The largest absolute Gasteiger partial charge is 0.352 e. The van der Waals surface area contributed by atoms with Gasteiger partial charge in [-0.05, 0) is 18.1 Å². The van der Waals surface area contributed by atoms with Crippen LogP contribution >= 0.6 is 0 Å². The number of nitrogens with one attached hydrogen (secondary N) is 1. The molecule has 0 aliphatic carbocycles. The molecule has 0 bridgehead atoms. The fourth-order valence-electron chi connectivity index (χ4n) is 1.82. The van der Waals surface area contributed by atoms with E-state index in [0.717, 1.165) is 23.8 Å². The maximum atomic E-state index is 13.5. The van der Waals surface area contributed by atoms with Gasteiger partial charge in [0.15, 0.2) is 0 Å². The van der Waals surface area contributed by atoms with Crippen molar-refractivity contribution in [1.82, 2.24) is 15.1 Å². The van der Waals surface area contributed by atoms with Crippen LogP contribution in [-0.2, 0) is 13.5 Å². The molecule has 1 heterocycles. The molecule has 2 aromatic rings. The Morgan fingerprint density at radius 1 is 1.52 bits per heavy atom. The maximum Gasteiger partial charge on any atom is 0.270 e. The third-order valence-corrected chi connectivity index (χ3v) is 2.86. The summed E-state index contributed by atoms with van der Waals surface area (Å²) in [7, 11) is 1.78. The zero-order chi connectivity index (χ0) is 15.4. The number of non-ortho nitro benzene ring substituents is 1. The highest BCUT2D eigenvalue weighted by molar-refractivity contribution is 5.95. The quantitative estimate of drug-likeness (QED) is 0.667. The second-order valence-electron chi connectivity index (χ2n) is 4.45. The van der Waals surface area contributed by atoms with Crippen LogP contribution < -0.4 is 5.32 Å². The van der Waals surface area contributed by atoms with Gasteiger partial charge in [-0.15, -0.1) is 0 Å². The Balaban J connectivity index is 1.99. The molecule has 8 heteroatoms.